The van der Waals surface area contributed by atoms with E-state index in [0.717, 1.165) is 16.5 Å². The SMILES string of the molecule is COc1cc2ccccc2cc1C(=O)N(C)Cc1ccco1. The van der Waals surface area contributed by atoms with E-state index in [0.29, 0.717) is 17.9 Å². The lowest BCUT2D eigenvalue weighted by molar-refractivity contribution is 0.0772. The number of methoxy groups -OCH3 is 1. The van der Waals surface area contributed by atoms with Crippen molar-refractivity contribution < 1.29 is 13.9 Å². The molecule has 1 amide bonds. The number of carbonyl (C=O) groups is 1. The lowest BCUT2D eigenvalue weighted by Crippen LogP contribution is -2.26. The average Bonchev–Trinajstić information content (AvgIpc) is 3.05. The van der Waals surface area contributed by atoms with Crippen LogP contribution in [0.2, 0.25) is 0 Å². The van der Waals surface area contributed by atoms with Crippen LogP contribution in [-0.4, -0.2) is 25.0 Å². The summed E-state index contributed by atoms with van der Waals surface area (Å²) in [4.78, 5) is 14.3. The molecule has 0 radical (unpaired) electrons. The van der Waals surface area contributed by atoms with Gasteiger partial charge in [-0.25, -0.2) is 0 Å². The zero-order valence-electron chi connectivity index (χ0n) is 12.6. The van der Waals surface area contributed by atoms with Crippen LogP contribution in [0.3, 0.4) is 0 Å². The highest BCUT2D eigenvalue weighted by molar-refractivity contribution is 6.01. The van der Waals surface area contributed by atoms with Crippen LogP contribution in [0.4, 0.5) is 0 Å². The summed E-state index contributed by atoms with van der Waals surface area (Å²) in [5.41, 5.74) is 0.551. The summed E-state index contributed by atoms with van der Waals surface area (Å²) in [6.45, 7) is 0.418. The van der Waals surface area contributed by atoms with Crippen LogP contribution in [0.5, 0.6) is 5.75 Å². The average molecular weight is 295 g/mol. The van der Waals surface area contributed by atoms with Crippen LogP contribution in [0.15, 0.2) is 59.2 Å². The molecule has 0 atom stereocenters. The second kappa shape index (κ2) is 5.93. The normalized spacial score (nSPS) is 10.6. The van der Waals surface area contributed by atoms with Crippen LogP contribution >= 0.6 is 0 Å². The molecule has 1 aromatic heterocycles. The molecule has 4 heteroatoms. The van der Waals surface area contributed by atoms with E-state index in [4.69, 9.17) is 9.15 Å². The smallest absolute Gasteiger partial charge is 0.257 e. The first-order valence-electron chi connectivity index (χ1n) is 7.03. The maximum Gasteiger partial charge on any atom is 0.257 e. The third kappa shape index (κ3) is 2.68. The number of nitrogens with zero attached hydrogens (tertiary/aromatic N) is 1. The van der Waals surface area contributed by atoms with Gasteiger partial charge in [-0.15, -0.1) is 0 Å². The van der Waals surface area contributed by atoms with Gasteiger partial charge >= 0.3 is 0 Å². The van der Waals surface area contributed by atoms with Gasteiger partial charge in [0.05, 0.1) is 25.5 Å². The van der Waals surface area contributed by atoms with Crippen LogP contribution in [0, 0.1) is 0 Å². The molecule has 0 aliphatic heterocycles. The number of fused-ring (bicyclic) bond motifs is 1. The van der Waals surface area contributed by atoms with E-state index >= 15 is 0 Å². The molecule has 0 aliphatic carbocycles. The van der Waals surface area contributed by atoms with Crippen molar-refractivity contribution in [3.63, 3.8) is 0 Å². The molecule has 0 N–H and O–H groups in total. The van der Waals surface area contributed by atoms with Gasteiger partial charge in [-0.2, -0.15) is 0 Å². The molecule has 1 heterocycles. The van der Waals surface area contributed by atoms with Crippen molar-refractivity contribution in [1.82, 2.24) is 4.90 Å². The number of amides is 1. The quantitative estimate of drug-likeness (QED) is 0.737. The maximum absolute atomic E-state index is 12.7. The third-order valence-electron chi connectivity index (χ3n) is 3.62. The molecule has 0 bridgehead atoms. The number of hydrogen-bond acceptors (Lipinski definition) is 3. The first-order chi connectivity index (χ1) is 10.7. The van der Waals surface area contributed by atoms with Crippen LogP contribution in [-0.2, 0) is 6.54 Å². The molecule has 3 aromatic rings. The highest BCUT2D eigenvalue weighted by Crippen LogP contribution is 2.27. The Morgan fingerprint density at radius 1 is 1.14 bits per heavy atom. The summed E-state index contributed by atoms with van der Waals surface area (Å²) in [6, 6.07) is 15.3. The summed E-state index contributed by atoms with van der Waals surface area (Å²) >= 11 is 0. The van der Waals surface area contributed by atoms with Gasteiger partial charge in [0.25, 0.3) is 5.91 Å². The Balaban J connectivity index is 1.95. The fourth-order valence-corrected chi connectivity index (χ4v) is 2.47. The summed E-state index contributed by atoms with van der Waals surface area (Å²) < 4.78 is 10.7. The van der Waals surface area contributed by atoms with E-state index in [1.165, 1.54) is 0 Å². The van der Waals surface area contributed by atoms with E-state index in [-0.39, 0.29) is 5.91 Å². The van der Waals surface area contributed by atoms with Crippen LogP contribution < -0.4 is 4.74 Å². The minimum absolute atomic E-state index is 0.0981. The topological polar surface area (TPSA) is 42.7 Å². The van der Waals surface area contributed by atoms with Crippen molar-refractivity contribution in [3.05, 3.63) is 66.1 Å². The number of ether oxygens (including phenoxy) is 1. The molecular formula is C18H17NO3. The molecule has 0 saturated carbocycles. The molecule has 0 unspecified atom stereocenters. The predicted molar refractivity (Wildman–Crippen MR) is 85.0 cm³/mol. The van der Waals surface area contributed by atoms with E-state index in [1.807, 2.05) is 48.5 Å². The summed E-state index contributed by atoms with van der Waals surface area (Å²) in [6.07, 6.45) is 1.60. The molecule has 22 heavy (non-hydrogen) atoms. The predicted octanol–water partition coefficient (Wildman–Crippen LogP) is 3.71. The number of furan rings is 1. The van der Waals surface area contributed by atoms with Gasteiger partial charge in [0.1, 0.15) is 11.5 Å². The fourth-order valence-electron chi connectivity index (χ4n) is 2.47. The molecular weight excluding hydrogens is 278 g/mol. The number of benzene rings is 2. The summed E-state index contributed by atoms with van der Waals surface area (Å²) in [7, 11) is 3.33. The van der Waals surface area contributed by atoms with E-state index in [2.05, 4.69) is 0 Å². The lowest BCUT2D eigenvalue weighted by Gasteiger charge is -2.18. The maximum atomic E-state index is 12.7. The first kappa shape index (κ1) is 14.2. The molecule has 0 fully saturated rings. The van der Waals surface area contributed by atoms with E-state index < -0.39 is 0 Å². The zero-order valence-corrected chi connectivity index (χ0v) is 12.6. The second-order valence-corrected chi connectivity index (χ2v) is 5.14. The van der Waals surface area contributed by atoms with Crippen molar-refractivity contribution in [2.75, 3.05) is 14.2 Å². The summed E-state index contributed by atoms with van der Waals surface area (Å²) in [5, 5.41) is 2.06. The van der Waals surface area contributed by atoms with E-state index in [9.17, 15) is 4.79 Å². The lowest BCUT2D eigenvalue weighted by atomic mass is 10.0. The van der Waals surface area contributed by atoms with E-state index in [1.54, 1.807) is 25.3 Å². The largest absolute Gasteiger partial charge is 0.496 e. The minimum Gasteiger partial charge on any atom is -0.496 e. The Morgan fingerprint density at radius 2 is 1.86 bits per heavy atom. The minimum atomic E-state index is -0.0981. The van der Waals surface area contributed by atoms with Gasteiger partial charge in [-0.1, -0.05) is 24.3 Å². The molecule has 4 nitrogen and oxygen atoms in total. The highest BCUT2D eigenvalue weighted by atomic mass is 16.5. The Hall–Kier alpha value is -2.75. The van der Waals surface area contributed by atoms with Crippen molar-refractivity contribution >= 4 is 16.7 Å². The molecule has 0 saturated heterocycles. The molecule has 2 aromatic carbocycles. The van der Waals surface area contributed by atoms with Gasteiger partial charge in [0.2, 0.25) is 0 Å². The highest BCUT2D eigenvalue weighted by Gasteiger charge is 2.18. The third-order valence-corrected chi connectivity index (χ3v) is 3.62. The van der Waals surface area contributed by atoms with Crippen LogP contribution in [0.25, 0.3) is 10.8 Å². The second-order valence-electron chi connectivity index (χ2n) is 5.14. The Kier molecular flexibility index (Phi) is 3.83. The van der Waals surface area contributed by atoms with Gasteiger partial charge in [0.15, 0.2) is 0 Å². The molecule has 0 spiro atoms. The number of rotatable bonds is 4. The van der Waals surface area contributed by atoms with Crippen molar-refractivity contribution in [2.45, 2.75) is 6.54 Å². The monoisotopic (exact) mass is 295 g/mol. The molecule has 0 aliphatic rings. The van der Waals surface area contributed by atoms with Crippen molar-refractivity contribution in [1.29, 1.82) is 0 Å². The van der Waals surface area contributed by atoms with Gasteiger partial charge in [0, 0.05) is 7.05 Å². The number of carbonyl (C=O) groups excluding carboxylic acids is 1. The van der Waals surface area contributed by atoms with Crippen molar-refractivity contribution in [3.8, 4) is 5.75 Å². The van der Waals surface area contributed by atoms with Crippen molar-refractivity contribution in [2.24, 2.45) is 0 Å². The Bertz CT molecular complexity index is 793. The van der Waals surface area contributed by atoms with Gasteiger partial charge < -0.3 is 14.1 Å². The first-order valence-corrected chi connectivity index (χ1v) is 7.03. The zero-order chi connectivity index (χ0) is 15.5. The van der Waals surface area contributed by atoms with Gasteiger partial charge in [-0.05, 0) is 35.0 Å². The Labute approximate surface area is 128 Å². The number of hydrogen-bond donors (Lipinski definition) is 0. The van der Waals surface area contributed by atoms with Gasteiger partial charge in [-0.3, -0.25) is 4.79 Å². The standard InChI is InChI=1S/C18H17NO3/c1-19(12-15-8-5-9-22-15)18(20)16-10-13-6-3-4-7-14(13)11-17(16)21-2/h3-11H,12H2,1-2H3. The molecule has 3 rings (SSSR count). The van der Waals surface area contributed by atoms with Crippen LogP contribution in [0.1, 0.15) is 16.1 Å². The molecule has 112 valence electrons. The Morgan fingerprint density at radius 3 is 2.50 bits per heavy atom. The summed E-state index contributed by atoms with van der Waals surface area (Å²) in [5.74, 6) is 1.23. The fraction of sp³-hybridized carbons (Fsp3) is 0.167.